The first kappa shape index (κ1) is 18.8. The Balaban J connectivity index is 1.23. The van der Waals surface area contributed by atoms with E-state index in [0.29, 0.717) is 29.9 Å². The second-order valence-corrected chi connectivity index (χ2v) is 9.49. The first-order valence-corrected chi connectivity index (χ1v) is 11.7. The standard InChI is InChI=1S/C23H31N5O2/c1-2-18-21(24-9-1)28-23(26-17-8-11-30-20(13-17)15-5-6-15)22(27-18)25-16-7-10-29-19(12-16)14-3-4-14/h1-2,9,14-17,19-20H,3-8,10-13H2,(H,25,27)(H,24,26,28). The Labute approximate surface area is 177 Å². The molecular formula is C23H31N5O2. The van der Waals surface area contributed by atoms with Gasteiger partial charge in [-0.15, -0.1) is 0 Å². The molecule has 4 aliphatic rings. The molecule has 2 N–H and O–H groups in total. The molecule has 2 aromatic heterocycles. The van der Waals surface area contributed by atoms with Crippen LogP contribution < -0.4 is 10.6 Å². The maximum absolute atomic E-state index is 6.02. The normalized spacial score (nSPS) is 32.1. The highest BCUT2D eigenvalue weighted by Crippen LogP contribution is 2.40. The topological polar surface area (TPSA) is 81.2 Å². The molecule has 0 spiro atoms. The molecule has 2 aliphatic carbocycles. The molecule has 4 unspecified atom stereocenters. The molecule has 4 fully saturated rings. The van der Waals surface area contributed by atoms with Crippen molar-refractivity contribution in [3.05, 3.63) is 18.3 Å². The summed E-state index contributed by atoms with van der Waals surface area (Å²) >= 11 is 0. The fourth-order valence-corrected chi connectivity index (χ4v) is 4.99. The van der Waals surface area contributed by atoms with Crippen LogP contribution in [0.15, 0.2) is 18.3 Å². The minimum absolute atomic E-state index is 0.370. The van der Waals surface area contributed by atoms with E-state index < -0.39 is 0 Å². The minimum atomic E-state index is 0.370. The summed E-state index contributed by atoms with van der Waals surface area (Å²) in [7, 11) is 0. The molecular weight excluding hydrogens is 378 g/mol. The van der Waals surface area contributed by atoms with Crippen LogP contribution in [0.3, 0.4) is 0 Å². The monoisotopic (exact) mass is 409 g/mol. The first-order chi connectivity index (χ1) is 14.8. The van der Waals surface area contributed by atoms with Gasteiger partial charge in [0.15, 0.2) is 17.3 Å². The van der Waals surface area contributed by atoms with E-state index in [0.717, 1.165) is 67.9 Å². The zero-order valence-corrected chi connectivity index (χ0v) is 17.4. The van der Waals surface area contributed by atoms with Gasteiger partial charge in [-0.2, -0.15) is 0 Å². The van der Waals surface area contributed by atoms with Crippen LogP contribution in [0.1, 0.15) is 51.4 Å². The van der Waals surface area contributed by atoms with E-state index >= 15 is 0 Å². The van der Waals surface area contributed by atoms with Gasteiger partial charge in [0, 0.05) is 31.5 Å². The molecule has 0 amide bonds. The average Bonchev–Trinajstić information content (AvgIpc) is 3.67. The van der Waals surface area contributed by atoms with Gasteiger partial charge in [-0.05, 0) is 75.3 Å². The fourth-order valence-electron chi connectivity index (χ4n) is 4.99. The molecule has 2 aliphatic heterocycles. The Morgan fingerprint density at radius 1 is 0.767 bits per heavy atom. The number of pyridine rings is 1. The number of anilines is 2. The van der Waals surface area contributed by atoms with Crippen LogP contribution in [0.4, 0.5) is 11.6 Å². The Morgan fingerprint density at radius 2 is 1.37 bits per heavy atom. The van der Waals surface area contributed by atoms with Gasteiger partial charge >= 0.3 is 0 Å². The molecule has 4 heterocycles. The summed E-state index contributed by atoms with van der Waals surface area (Å²) in [6, 6.07) is 4.65. The highest BCUT2D eigenvalue weighted by atomic mass is 16.5. The lowest BCUT2D eigenvalue weighted by molar-refractivity contribution is -0.00266. The Kier molecular flexibility index (Phi) is 4.96. The van der Waals surface area contributed by atoms with Crippen LogP contribution >= 0.6 is 0 Å². The van der Waals surface area contributed by atoms with Gasteiger partial charge in [-0.25, -0.2) is 15.0 Å². The summed E-state index contributed by atoms with van der Waals surface area (Å²) in [5, 5.41) is 7.42. The van der Waals surface area contributed by atoms with Gasteiger partial charge < -0.3 is 20.1 Å². The Morgan fingerprint density at radius 3 is 1.97 bits per heavy atom. The number of fused-ring (bicyclic) bond motifs is 1. The second kappa shape index (κ2) is 7.93. The van der Waals surface area contributed by atoms with Crippen molar-refractivity contribution in [3.63, 3.8) is 0 Å². The van der Waals surface area contributed by atoms with Gasteiger partial charge in [0.1, 0.15) is 5.52 Å². The first-order valence-electron chi connectivity index (χ1n) is 11.7. The molecule has 2 aromatic rings. The number of nitrogens with zero attached hydrogens (tertiary/aromatic N) is 3. The van der Waals surface area contributed by atoms with Crippen molar-refractivity contribution in [1.29, 1.82) is 0 Å². The fraction of sp³-hybridized carbons (Fsp3) is 0.696. The number of nitrogens with one attached hydrogen (secondary N) is 2. The third-order valence-electron chi connectivity index (χ3n) is 7.05. The van der Waals surface area contributed by atoms with E-state index in [9.17, 15) is 0 Å². The van der Waals surface area contributed by atoms with Crippen molar-refractivity contribution >= 4 is 22.8 Å². The molecule has 0 bridgehead atoms. The molecule has 2 saturated heterocycles. The SMILES string of the molecule is c1cnc2nc(NC3CCOC(C4CC4)C3)c(NC3CCOC(C4CC4)C3)nc2c1. The van der Waals surface area contributed by atoms with Crippen molar-refractivity contribution in [2.45, 2.75) is 75.7 Å². The Hall–Kier alpha value is -1.99. The Bertz CT molecular complexity index is 828. The number of rotatable bonds is 6. The second-order valence-electron chi connectivity index (χ2n) is 9.49. The number of hydrogen-bond donors (Lipinski definition) is 2. The van der Waals surface area contributed by atoms with Crippen LogP contribution in [0.5, 0.6) is 0 Å². The average molecular weight is 410 g/mol. The van der Waals surface area contributed by atoms with Gasteiger partial charge in [0.05, 0.1) is 12.2 Å². The third-order valence-corrected chi connectivity index (χ3v) is 7.05. The summed E-state index contributed by atoms with van der Waals surface area (Å²) in [5.74, 6) is 3.21. The van der Waals surface area contributed by atoms with Gasteiger partial charge in [-0.1, -0.05) is 0 Å². The highest BCUT2D eigenvalue weighted by molar-refractivity contribution is 5.77. The summed E-state index contributed by atoms with van der Waals surface area (Å²) in [4.78, 5) is 14.2. The molecule has 0 aromatic carbocycles. The van der Waals surface area contributed by atoms with Crippen LogP contribution in [0.2, 0.25) is 0 Å². The molecule has 160 valence electrons. The summed E-state index contributed by atoms with van der Waals surface area (Å²) in [6.45, 7) is 1.65. The van der Waals surface area contributed by atoms with Crippen molar-refractivity contribution in [2.75, 3.05) is 23.8 Å². The smallest absolute Gasteiger partial charge is 0.180 e. The summed E-state index contributed by atoms with van der Waals surface area (Å²) in [5.41, 5.74) is 1.53. The maximum atomic E-state index is 6.02. The van der Waals surface area contributed by atoms with Crippen LogP contribution in [0.25, 0.3) is 11.2 Å². The van der Waals surface area contributed by atoms with E-state index in [1.807, 2.05) is 12.1 Å². The molecule has 7 heteroatoms. The predicted molar refractivity (Wildman–Crippen MR) is 116 cm³/mol. The van der Waals surface area contributed by atoms with Gasteiger partial charge in [-0.3, -0.25) is 0 Å². The summed E-state index contributed by atoms with van der Waals surface area (Å²) < 4.78 is 12.0. The molecule has 2 saturated carbocycles. The molecule has 7 nitrogen and oxygen atoms in total. The lowest BCUT2D eigenvalue weighted by atomic mass is 9.99. The molecule has 6 rings (SSSR count). The lowest BCUT2D eigenvalue weighted by Crippen LogP contribution is -2.37. The third kappa shape index (κ3) is 4.10. The number of ether oxygens (including phenoxy) is 2. The van der Waals surface area contributed by atoms with E-state index in [1.165, 1.54) is 25.7 Å². The van der Waals surface area contributed by atoms with Crippen LogP contribution in [0, 0.1) is 11.8 Å². The zero-order valence-electron chi connectivity index (χ0n) is 17.4. The predicted octanol–water partition coefficient (Wildman–Crippen LogP) is 3.76. The van der Waals surface area contributed by atoms with E-state index in [1.54, 1.807) is 6.20 Å². The van der Waals surface area contributed by atoms with Gasteiger partial charge in [0.25, 0.3) is 0 Å². The van der Waals surface area contributed by atoms with Crippen molar-refractivity contribution < 1.29 is 9.47 Å². The highest BCUT2D eigenvalue weighted by Gasteiger charge is 2.37. The largest absolute Gasteiger partial charge is 0.378 e. The van der Waals surface area contributed by atoms with Crippen LogP contribution in [-0.2, 0) is 9.47 Å². The van der Waals surface area contributed by atoms with E-state index in [-0.39, 0.29) is 0 Å². The van der Waals surface area contributed by atoms with Gasteiger partial charge in [0.2, 0.25) is 0 Å². The maximum Gasteiger partial charge on any atom is 0.180 e. The van der Waals surface area contributed by atoms with Crippen molar-refractivity contribution in [2.24, 2.45) is 11.8 Å². The summed E-state index contributed by atoms with van der Waals surface area (Å²) in [6.07, 6.45) is 12.0. The minimum Gasteiger partial charge on any atom is -0.378 e. The van der Waals surface area contributed by atoms with Crippen LogP contribution in [-0.4, -0.2) is 52.5 Å². The van der Waals surface area contributed by atoms with E-state index in [2.05, 4.69) is 15.6 Å². The number of aromatic nitrogens is 3. The number of hydrogen-bond acceptors (Lipinski definition) is 7. The van der Waals surface area contributed by atoms with Crippen molar-refractivity contribution in [1.82, 2.24) is 15.0 Å². The zero-order chi connectivity index (χ0) is 19.9. The lowest BCUT2D eigenvalue weighted by Gasteiger charge is -2.32. The van der Waals surface area contributed by atoms with E-state index in [4.69, 9.17) is 19.4 Å². The quantitative estimate of drug-likeness (QED) is 0.752. The molecule has 0 radical (unpaired) electrons. The van der Waals surface area contributed by atoms with Crippen molar-refractivity contribution in [3.8, 4) is 0 Å². The molecule has 4 atom stereocenters. The molecule has 30 heavy (non-hydrogen) atoms.